The molecular weight excluding hydrogens is 378 g/mol. The van der Waals surface area contributed by atoms with E-state index in [9.17, 15) is 10.1 Å². The zero-order chi connectivity index (χ0) is 21.2. The van der Waals surface area contributed by atoms with E-state index >= 15 is 0 Å². The Morgan fingerprint density at radius 3 is 2.70 bits per heavy atom. The highest BCUT2D eigenvalue weighted by molar-refractivity contribution is 6.02. The summed E-state index contributed by atoms with van der Waals surface area (Å²) in [6.07, 6.45) is 7.43. The molecule has 0 spiro atoms. The first-order valence-electron chi connectivity index (χ1n) is 9.76. The minimum absolute atomic E-state index is 0.0225. The minimum atomic E-state index is -0.415. The fraction of sp³-hybridized carbons (Fsp3) is 0.217. The molecule has 2 aromatic heterocycles. The third-order valence-corrected chi connectivity index (χ3v) is 4.34. The average molecular weight is 401 g/mol. The Hall–Kier alpha value is -3.76. The number of aromatic nitrogens is 3. The number of benzene rings is 1. The number of ether oxygens (including phenoxy) is 1. The summed E-state index contributed by atoms with van der Waals surface area (Å²) in [6.45, 7) is 3.57. The van der Waals surface area contributed by atoms with Crippen molar-refractivity contribution in [3.63, 3.8) is 0 Å². The summed E-state index contributed by atoms with van der Waals surface area (Å²) in [5, 5.41) is 17.0. The molecule has 1 amide bonds. The SMILES string of the molecule is CCOCCCNC(=O)C(C#N)=Cc1cn(-c2ccccc2)nc1-c1ccncc1. The van der Waals surface area contributed by atoms with E-state index in [-0.39, 0.29) is 5.57 Å². The molecule has 0 saturated heterocycles. The fourth-order valence-electron chi connectivity index (χ4n) is 2.86. The van der Waals surface area contributed by atoms with Gasteiger partial charge in [0.25, 0.3) is 5.91 Å². The highest BCUT2D eigenvalue weighted by atomic mass is 16.5. The smallest absolute Gasteiger partial charge is 0.261 e. The summed E-state index contributed by atoms with van der Waals surface area (Å²) in [5.74, 6) is -0.415. The molecule has 0 bridgehead atoms. The average Bonchev–Trinajstić information content (AvgIpc) is 3.22. The zero-order valence-electron chi connectivity index (χ0n) is 16.8. The minimum Gasteiger partial charge on any atom is -0.382 e. The number of nitrogens with one attached hydrogen (secondary N) is 1. The number of amides is 1. The lowest BCUT2D eigenvalue weighted by atomic mass is 10.1. The lowest BCUT2D eigenvalue weighted by Gasteiger charge is -2.04. The number of carbonyl (C=O) groups is 1. The molecule has 7 heteroatoms. The molecule has 0 saturated carbocycles. The van der Waals surface area contributed by atoms with Crippen LogP contribution < -0.4 is 5.32 Å². The highest BCUT2D eigenvalue weighted by Gasteiger charge is 2.15. The van der Waals surface area contributed by atoms with Crippen molar-refractivity contribution < 1.29 is 9.53 Å². The van der Waals surface area contributed by atoms with E-state index in [0.29, 0.717) is 37.4 Å². The molecule has 3 aromatic rings. The van der Waals surface area contributed by atoms with Crippen molar-refractivity contribution in [3.05, 3.63) is 72.2 Å². The van der Waals surface area contributed by atoms with E-state index in [0.717, 1.165) is 11.3 Å². The largest absolute Gasteiger partial charge is 0.382 e. The third kappa shape index (κ3) is 5.40. The van der Waals surface area contributed by atoms with Crippen LogP contribution in [0.2, 0.25) is 0 Å². The maximum Gasteiger partial charge on any atom is 0.261 e. The van der Waals surface area contributed by atoms with Crippen molar-refractivity contribution >= 4 is 12.0 Å². The first-order chi connectivity index (χ1) is 14.7. The second kappa shape index (κ2) is 10.7. The van der Waals surface area contributed by atoms with Crippen LogP contribution in [-0.2, 0) is 9.53 Å². The van der Waals surface area contributed by atoms with Crippen molar-refractivity contribution in [2.45, 2.75) is 13.3 Å². The third-order valence-electron chi connectivity index (χ3n) is 4.34. The lowest BCUT2D eigenvalue weighted by Crippen LogP contribution is -2.26. The molecule has 0 radical (unpaired) electrons. The topological polar surface area (TPSA) is 92.8 Å². The number of nitrogens with zero attached hydrogens (tertiary/aromatic N) is 4. The molecule has 1 N–H and O–H groups in total. The Morgan fingerprint density at radius 1 is 1.23 bits per heavy atom. The summed E-state index contributed by atoms with van der Waals surface area (Å²) in [6, 6.07) is 15.3. The van der Waals surface area contributed by atoms with Gasteiger partial charge in [-0.05, 0) is 43.7 Å². The second-order valence-electron chi connectivity index (χ2n) is 6.43. The van der Waals surface area contributed by atoms with Gasteiger partial charge < -0.3 is 10.1 Å². The van der Waals surface area contributed by atoms with Gasteiger partial charge in [0.1, 0.15) is 17.3 Å². The van der Waals surface area contributed by atoms with E-state index < -0.39 is 5.91 Å². The first-order valence-corrected chi connectivity index (χ1v) is 9.76. The van der Waals surface area contributed by atoms with Gasteiger partial charge in [0.05, 0.1) is 5.69 Å². The highest BCUT2D eigenvalue weighted by Crippen LogP contribution is 2.25. The number of para-hydroxylation sites is 1. The molecule has 0 fully saturated rings. The van der Waals surface area contributed by atoms with Crippen LogP contribution in [0.1, 0.15) is 18.9 Å². The molecule has 0 aliphatic rings. The predicted octanol–water partition coefficient (Wildman–Crippen LogP) is 3.38. The van der Waals surface area contributed by atoms with Crippen molar-refractivity contribution in [2.75, 3.05) is 19.8 Å². The van der Waals surface area contributed by atoms with Crippen LogP contribution in [0.15, 0.2) is 66.6 Å². The van der Waals surface area contributed by atoms with Gasteiger partial charge in [-0.25, -0.2) is 4.68 Å². The van der Waals surface area contributed by atoms with Gasteiger partial charge in [0.2, 0.25) is 0 Å². The van der Waals surface area contributed by atoms with Gasteiger partial charge in [-0.15, -0.1) is 0 Å². The van der Waals surface area contributed by atoms with Crippen LogP contribution in [0, 0.1) is 11.3 Å². The van der Waals surface area contributed by atoms with E-state index in [4.69, 9.17) is 4.74 Å². The summed E-state index contributed by atoms with van der Waals surface area (Å²) in [4.78, 5) is 16.5. The van der Waals surface area contributed by atoms with Gasteiger partial charge in [-0.1, -0.05) is 18.2 Å². The molecule has 0 unspecified atom stereocenters. The first kappa shape index (κ1) is 21.0. The lowest BCUT2D eigenvalue weighted by molar-refractivity contribution is -0.117. The quantitative estimate of drug-likeness (QED) is 0.337. The molecule has 1 aromatic carbocycles. The van der Waals surface area contributed by atoms with E-state index in [1.807, 2.05) is 61.7 Å². The fourth-order valence-corrected chi connectivity index (χ4v) is 2.86. The Kier molecular flexibility index (Phi) is 7.47. The monoisotopic (exact) mass is 401 g/mol. The second-order valence-corrected chi connectivity index (χ2v) is 6.43. The van der Waals surface area contributed by atoms with Crippen LogP contribution in [0.3, 0.4) is 0 Å². The normalized spacial score (nSPS) is 11.1. The number of nitriles is 1. The van der Waals surface area contributed by atoms with Crippen LogP contribution in [-0.4, -0.2) is 40.4 Å². The van der Waals surface area contributed by atoms with Gasteiger partial charge in [-0.2, -0.15) is 10.4 Å². The Morgan fingerprint density at radius 2 is 2.00 bits per heavy atom. The van der Waals surface area contributed by atoms with Crippen molar-refractivity contribution in [1.29, 1.82) is 5.26 Å². The maximum absolute atomic E-state index is 12.5. The molecular formula is C23H23N5O2. The van der Waals surface area contributed by atoms with Gasteiger partial charge >= 0.3 is 0 Å². The number of rotatable bonds is 9. The molecule has 7 nitrogen and oxygen atoms in total. The van der Waals surface area contributed by atoms with Crippen LogP contribution in [0.25, 0.3) is 23.0 Å². The van der Waals surface area contributed by atoms with E-state index in [1.165, 1.54) is 0 Å². The number of pyridine rings is 1. The van der Waals surface area contributed by atoms with E-state index in [2.05, 4.69) is 15.4 Å². The molecule has 2 heterocycles. The molecule has 3 rings (SSSR count). The van der Waals surface area contributed by atoms with Crippen LogP contribution in [0.4, 0.5) is 0 Å². The van der Waals surface area contributed by atoms with Crippen molar-refractivity contribution in [1.82, 2.24) is 20.1 Å². The van der Waals surface area contributed by atoms with Crippen LogP contribution in [0.5, 0.6) is 0 Å². The van der Waals surface area contributed by atoms with Crippen molar-refractivity contribution in [2.24, 2.45) is 0 Å². The Bertz CT molecular complexity index is 1040. The molecule has 0 aliphatic carbocycles. The van der Waals surface area contributed by atoms with Crippen LogP contribution >= 0.6 is 0 Å². The number of hydrogen-bond donors (Lipinski definition) is 1. The predicted molar refractivity (Wildman–Crippen MR) is 115 cm³/mol. The number of hydrogen-bond acceptors (Lipinski definition) is 5. The molecule has 30 heavy (non-hydrogen) atoms. The van der Waals surface area contributed by atoms with E-state index in [1.54, 1.807) is 23.2 Å². The van der Waals surface area contributed by atoms with Gasteiger partial charge in [0.15, 0.2) is 0 Å². The summed E-state index contributed by atoms with van der Waals surface area (Å²) >= 11 is 0. The number of carbonyl (C=O) groups excluding carboxylic acids is 1. The van der Waals surface area contributed by atoms with Gasteiger partial charge in [-0.3, -0.25) is 9.78 Å². The summed E-state index contributed by atoms with van der Waals surface area (Å²) < 4.78 is 6.99. The molecule has 0 atom stereocenters. The standard InChI is InChI=1S/C23H23N5O2/c1-2-30-14-6-11-26-23(29)19(16-24)15-20-17-28(21-7-4-3-5-8-21)27-22(20)18-9-12-25-13-10-18/h3-5,7-10,12-13,15,17H,2,6,11,14H2,1H3,(H,26,29). The zero-order valence-corrected chi connectivity index (χ0v) is 16.8. The molecule has 0 aliphatic heterocycles. The molecule has 152 valence electrons. The van der Waals surface area contributed by atoms with Crippen molar-refractivity contribution in [3.8, 4) is 23.0 Å². The van der Waals surface area contributed by atoms with Gasteiger partial charge in [0, 0.05) is 49.5 Å². The maximum atomic E-state index is 12.5. The Labute approximate surface area is 175 Å². The summed E-state index contributed by atoms with van der Waals surface area (Å²) in [7, 11) is 0. The summed E-state index contributed by atoms with van der Waals surface area (Å²) in [5.41, 5.74) is 3.09. The Balaban J connectivity index is 1.90.